The maximum atomic E-state index is 5.40. The van der Waals surface area contributed by atoms with E-state index in [1.807, 2.05) is 0 Å². The molecule has 1 rings (SSSR count). The molecule has 1 aromatic rings. The zero-order valence-corrected chi connectivity index (χ0v) is 13.2. The number of methoxy groups -OCH3 is 2. The summed E-state index contributed by atoms with van der Waals surface area (Å²) in [7, 11) is 3.36. The number of hydrogen-bond donors (Lipinski definition) is 1. The number of ether oxygens (including phenoxy) is 2. The van der Waals surface area contributed by atoms with Crippen molar-refractivity contribution in [3.05, 3.63) is 11.7 Å². The lowest BCUT2D eigenvalue weighted by Crippen LogP contribution is -2.35. The van der Waals surface area contributed by atoms with Crippen LogP contribution >= 0.6 is 0 Å². The van der Waals surface area contributed by atoms with Gasteiger partial charge in [-0.05, 0) is 18.9 Å². The third kappa shape index (κ3) is 5.19. The van der Waals surface area contributed by atoms with Crippen molar-refractivity contribution in [2.24, 2.45) is 5.92 Å². The average molecular weight is 285 g/mol. The second-order valence-electron chi connectivity index (χ2n) is 5.26. The Morgan fingerprint density at radius 1 is 1.30 bits per heavy atom. The molecule has 0 saturated heterocycles. The molecule has 0 fully saturated rings. The highest BCUT2D eigenvalue weighted by atomic mass is 16.5. The van der Waals surface area contributed by atoms with Crippen molar-refractivity contribution in [1.29, 1.82) is 0 Å². The summed E-state index contributed by atoms with van der Waals surface area (Å²) in [5, 5.41) is 7.43. The molecule has 116 valence electrons. The van der Waals surface area contributed by atoms with Gasteiger partial charge in [0, 0.05) is 26.7 Å². The predicted octanol–water partition coefficient (Wildman–Crippen LogP) is 1.97. The van der Waals surface area contributed by atoms with Crippen LogP contribution in [0, 0.1) is 5.92 Å². The van der Waals surface area contributed by atoms with Gasteiger partial charge in [0.15, 0.2) is 0 Å². The topological polar surface area (TPSA) is 69.4 Å². The molecule has 0 spiro atoms. The van der Waals surface area contributed by atoms with Gasteiger partial charge < -0.3 is 19.3 Å². The Balaban J connectivity index is 2.64. The molecule has 0 amide bonds. The fraction of sp³-hybridized carbons (Fsp3) is 0.857. The summed E-state index contributed by atoms with van der Waals surface area (Å²) in [5.74, 6) is 1.54. The van der Waals surface area contributed by atoms with E-state index in [0.717, 1.165) is 13.0 Å². The van der Waals surface area contributed by atoms with Gasteiger partial charge in [-0.15, -0.1) is 0 Å². The van der Waals surface area contributed by atoms with Crippen molar-refractivity contribution in [3.8, 4) is 0 Å². The lowest BCUT2D eigenvalue weighted by atomic mass is 10.1. The van der Waals surface area contributed by atoms with Gasteiger partial charge >= 0.3 is 0 Å². The Hall–Kier alpha value is -0.980. The summed E-state index contributed by atoms with van der Waals surface area (Å²) in [5.41, 5.74) is 0. The third-order valence-corrected chi connectivity index (χ3v) is 3.07. The molecule has 20 heavy (non-hydrogen) atoms. The maximum Gasteiger partial charge on any atom is 0.228 e. The van der Waals surface area contributed by atoms with Crippen molar-refractivity contribution in [1.82, 2.24) is 15.5 Å². The predicted molar refractivity (Wildman–Crippen MR) is 76.5 cm³/mol. The minimum atomic E-state index is -0.128. The van der Waals surface area contributed by atoms with Crippen LogP contribution in [-0.2, 0) is 15.9 Å². The summed E-state index contributed by atoms with van der Waals surface area (Å²) in [4.78, 5) is 4.43. The maximum absolute atomic E-state index is 5.40. The summed E-state index contributed by atoms with van der Waals surface area (Å²) in [6.07, 6.45) is 1.61. The van der Waals surface area contributed by atoms with E-state index < -0.39 is 0 Å². The van der Waals surface area contributed by atoms with Crippen LogP contribution < -0.4 is 5.32 Å². The Morgan fingerprint density at radius 3 is 2.60 bits per heavy atom. The Bertz CT molecular complexity index is 368. The molecule has 0 aliphatic carbocycles. The monoisotopic (exact) mass is 285 g/mol. The smallest absolute Gasteiger partial charge is 0.228 e. The fourth-order valence-corrected chi connectivity index (χ4v) is 2.09. The highest BCUT2D eigenvalue weighted by molar-refractivity contribution is 4.94. The van der Waals surface area contributed by atoms with Gasteiger partial charge in [0.1, 0.15) is 6.10 Å². The molecule has 0 saturated carbocycles. The Labute approximate surface area is 121 Å². The molecule has 1 N–H and O–H groups in total. The molecule has 0 radical (unpaired) electrons. The second kappa shape index (κ2) is 9.05. The number of rotatable bonds is 10. The molecule has 2 atom stereocenters. The van der Waals surface area contributed by atoms with Crippen molar-refractivity contribution >= 4 is 0 Å². The summed E-state index contributed by atoms with van der Waals surface area (Å²) in [6, 6.07) is 0.188. The van der Waals surface area contributed by atoms with Gasteiger partial charge in [-0.25, -0.2) is 0 Å². The van der Waals surface area contributed by atoms with Crippen LogP contribution in [0.25, 0.3) is 0 Å². The van der Waals surface area contributed by atoms with Crippen LogP contribution in [0.15, 0.2) is 4.52 Å². The number of nitrogens with zero attached hydrogens (tertiary/aromatic N) is 2. The molecular weight excluding hydrogens is 258 g/mol. The summed E-state index contributed by atoms with van der Waals surface area (Å²) >= 11 is 0. The van der Waals surface area contributed by atoms with Gasteiger partial charge in [-0.1, -0.05) is 25.9 Å². The first-order valence-corrected chi connectivity index (χ1v) is 7.19. The minimum absolute atomic E-state index is 0.128. The SMILES string of the molecule is CCCNC(COC)Cc1nc(C(OC)C(C)C)no1. The van der Waals surface area contributed by atoms with Crippen molar-refractivity contribution in [2.45, 2.75) is 45.8 Å². The highest BCUT2D eigenvalue weighted by Gasteiger charge is 2.22. The van der Waals surface area contributed by atoms with E-state index in [1.54, 1.807) is 14.2 Å². The first-order valence-electron chi connectivity index (χ1n) is 7.19. The highest BCUT2D eigenvalue weighted by Crippen LogP contribution is 2.22. The largest absolute Gasteiger partial charge is 0.383 e. The molecule has 1 aromatic heterocycles. The first kappa shape index (κ1) is 17.1. The van der Waals surface area contributed by atoms with E-state index >= 15 is 0 Å². The molecule has 6 heteroatoms. The lowest BCUT2D eigenvalue weighted by molar-refractivity contribution is 0.0555. The number of nitrogens with one attached hydrogen (secondary N) is 1. The van der Waals surface area contributed by atoms with Gasteiger partial charge in [-0.2, -0.15) is 4.98 Å². The number of aromatic nitrogens is 2. The van der Waals surface area contributed by atoms with E-state index in [1.165, 1.54) is 0 Å². The molecule has 0 aliphatic heterocycles. The van der Waals surface area contributed by atoms with Crippen LogP contribution in [-0.4, -0.2) is 43.6 Å². The minimum Gasteiger partial charge on any atom is -0.383 e. The van der Waals surface area contributed by atoms with Crippen LogP contribution in [0.4, 0.5) is 0 Å². The van der Waals surface area contributed by atoms with Crippen LogP contribution in [0.1, 0.15) is 45.0 Å². The quantitative estimate of drug-likeness (QED) is 0.709. The van der Waals surface area contributed by atoms with E-state index in [4.69, 9.17) is 14.0 Å². The molecule has 0 bridgehead atoms. The van der Waals surface area contributed by atoms with Gasteiger partial charge in [0.2, 0.25) is 11.7 Å². The Kier molecular flexibility index (Phi) is 7.72. The van der Waals surface area contributed by atoms with Crippen molar-refractivity contribution in [2.75, 3.05) is 27.4 Å². The molecule has 2 unspecified atom stereocenters. The molecule has 0 aromatic carbocycles. The van der Waals surface area contributed by atoms with Gasteiger partial charge in [0.05, 0.1) is 6.61 Å². The van der Waals surface area contributed by atoms with E-state index in [2.05, 4.69) is 36.2 Å². The second-order valence-corrected chi connectivity index (χ2v) is 5.26. The van der Waals surface area contributed by atoms with Crippen LogP contribution in [0.3, 0.4) is 0 Å². The van der Waals surface area contributed by atoms with E-state index in [-0.39, 0.29) is 12.1 Å². The van der Waals surface area contributed by atoms with Crippen LogP contribution in [0.5, 0.6) is 0 Å². The molecule has 6 nitrogen and oxygen atoms in total. The normalized spacial score (nSPS) is 14.7. The summed E-state index contributed by atoms with van der Waals surface area (Å²) in [6.45, 7) is 7.84. The molecule has 0 aliphatic rings. The molecular formula is C14H27N3O3. The van der Waals surface area contributed by atoms with Crippen molar-refractivity contribution in [3.63, 3.8) is 0 Å². The zero-order valence-electron chi connectivity index (χ0n) is 13.2. The third-order valence-electron chi connectivity index (χ3n) is 3.07. The first-order chi connectivity index (χ1) is 9.62. The zero-order chi connectivity index (χ0) is 15.0. The fourth-order valence-electron chi connectivity index (χ4n) is 2.09. The standard InChI is InChI=1S/C14H27N3O3/c1-6-7-15-11(9-18-4)8-12-16-14(17-20-12)13(19-5)10(2)3/h10-11,13,15H,6-9H2,1-5H3. The average Bonchev–Trinajstić information content (AvgIpc) is 2.85. The van der Waals surface area contributed by atoms with Gasteiger partial charge in [0.25, 0.3) is 0 Å². The van der Waals surface area contributed by atoms with E-state index in [0.29, 0.717) is 30.7 Å². The lowest BCUT2D eigenvalue weighted by Gasteiger charge is -2.15. The van der Waals surface area contributed by atoms with Crippen molar-refractivity contribution < 1.29 is 14.0 Å². The number of hydrogen-bond acceptors (Lipinski definition) is 6. The Morgan fingerprint density at radius 2 is 2.05 bits per heavy atom. The molecule has 1 heterocycles. The van der Waals surface area contributed by atoms with E-state index in [9.17, 15) is 0 Å². The van der Waals surface area contributed by atoms with Gasteiger partial charge in [-0.3, -0.25) is 0 Å². The van der Waals surface area contributed by atoms with Crippen LogP contribution in [0.2, 0.25) is 0 Å². The summed E-state index contributed by atoms with van der Waals surface area (Å²) < 4.78 is 15.9.